The number of nitrogens with one attached hydrogen (secondary N) is 2. The highest BCUT2D eigenvalue weighted by molar-refractivity contribution is 6.04. The summed E-state index contributed by atoms with van der Waals surface area (Å²) in [6.07, 6.45) is 0. The van der Waals surface area contributed by atoms with E-state index in [0.717, 1.165) is 13.2 Å². The summed E-state index contributed by atoms with van der Waals surface area (Å²) in [5.74, 6) is -0.802. The number of hydrogen-bond acceptors (Lipinski definition) is 5. The van der Waals surface area contributed by atoms with Crippen molar-refractivity contribution in [2.75, 3.05) is 7.11 Å². The normalized spacial score (nSPS) is 10.4. The Balaban J connectivity index is 2.85. The third-order valence-corrected chi connectivity index (χ3v) is 2.28. The van der Waals surface area contributed by atoms with E-state index in [1.807, 2.05) is 0 Å². The van der Waals surface area contributed by atoms with Gasteiger partial charge in [-0.2, -0.15) is 0 Å². The number of fused-ring (bicyclic) bond motifs is 1. The molecule has 0 fully saturated rings. The molecule has 0 aliphatic heterocycles. The molecule has 2 aromatic rings. The minimum absolute atomic E-state index is 0.0439. The van der Waals surface area contributed by atoms with E-state index in [2.05, 4.69) is 14.9 Å². The number of aromatic nitrogens is 2. The first-order valence-corrected chi connectivity index (χ1v) is 4.51. The first kappa shape index (κ1) is 10.9. The second kappa shape index (κ2) is 3.74. The van der Waals surface area contributed by atoms with E-state index in [1.165, 1.54) is 6.07 Å². The van der Waals surface area contributed by atoms with Gasteiger partial charge in [-0.15, -0.1) is 0 Å². The van der Waals surface area contributed by atoms with E-state index in [1.54, 1.807) is 0 Å². The Bertz CT molecular complexity index is 669. The maximum absolute atomic E-state index is 11.4. The van der Waals surface area contributed by atoms with Crippen molar-refractivity contribution in [3.8, 4) is 0 Å². The number of carbonyl (C=O) groups is 1. The van der Waals surface area contributed by atoms with Gasteiger partial charge in [0.15, 0.2) is 0 Å². The number of methoxy groups -OCH3 is 1. The monoisotopic (exact) mass is 237 g/mol. The zero-order chi connectivity index (χ0) is 12.6. The Kier molecular flexibility index (Phi) is 2.39. The molecule has 0 radical (unpaired) electrons. The lowest BCUT2D eigenvalue weighted by Gasteiger charge is -2.00. The number of nitro benzene ring substituents is 1. The van der Waals surface area contributed by atoms with Crippen molar-refractivity contribution in [2.24, 2.45) is 0 Å². The van der Waals surface area contributed by atoms with Crippen molar-refractivity contribution in [2.45, 2.75) is 0 Å². The number of esters is 1. The molecule has 0 bridgehead atoms. The molecule has 17 heavy (non-hydrogen) atoms. The van der Waals surface area contributed by atoms with Gasteiger partial charge < -0.3 is 4.74 Å². The highest BCUT2D eigenvalue weighted by Gasteiger charge is 2.20. The molecular weight excluding hydrogens is 230 g/mol. The molecule has 2 N–H and O–H groups in total. The van der Waals surface area contributed by atoms with Crippen molar-refractivity contribution < 1.29 is 14.5 Å². The second-order valence-electron chi connectivity index (χ2n) is 3.24. The van der Waals surface area contributed by atoms with Gasteiger partial charge in [0.2, 0.25) is 0 Å². The van der Waals surface area contributed by atoms with Gasteiger partial charge in [0.1, 0.15) is 0 Å². The van der Waals surface area contributed by atoms with Crippen LogP contribution in [0, 0.1) is 10.1 Å². The van der Waals surface area contributed by atoms with E-state index in [4.69, 9.17) is 0 Å². The van der Waals surface area contributed by atoms with E-state index in [0.29, 0.717) is 0 Å². The third-order valence-electron chi connectivity index (χ3n) is 2.28. The van der Waals surface area contributed by atoms with Gasteiger partial charge in [0.05, 0.1) is 28.5 Å². The summed E-state index contributed by atoms with van der Waals surface area (Å²) in [6, 6.07) is 2.18. The molecule has 2 rings (SSSR count). The van der Waals surface area contributed by atoms with Crippen molar-refractivity contribution in [3.63, 3.8) is 0 Å². The summed E-state index contributed by atoms with van der Waals surface area (Å²) >= 11 is 0. The average molecular weight is 237 g/mol. The fraction of sp³-hybridized carbons (Fsp3) is 0.111. The fourth-order valence-electron chi connectivity index (χ4n) is 1.53. The Hall–Kier alpha value is -2.64. The maximum atomic E-state index is 11.4. The van der Waals surface area contributed by atoms with Crippen molar-refractivity contribution in [1.82, 2.24) is 10.2 Å². The molecule has 1 aromatic heterocycles. The number of non-ortho nitro benzene ring substituents is 1. The number of hydrogen-bond donors (Lipinski definition) is 2. The number of benzene rings is 1. The first-order valence-electron chi connectivity index (χ1n) is 4.51. The van der Waals surface area contributed by atoms with Gasteiger partial charge in [0.25, 0.3) is 11.2 Å². The SMILES string of the molecule is COC(=O)c1cc([N+](=O)[O-])cc2[nH][nH]c(=O)c12. The fourth-order valence-corrected chi connectivity index (χ4v) is 1.53. The highest BCUT2D eigenvalue weighted by Crippen LogP contribution is 2.22. The molecule has 1 aromatic carbocycles. The summed E-state index contributed by atoms with van der Waals surface area (Å²) in [7, 11) is 1.13. The maximum Gasteiger partial charge on any atom is 0.339 e. The Labute approximate surface area is 93.3 Å². The summed E-state index contributed by atoms with van der Waals surface area (Å²) in [5.41, 5.74) is -0.785. The van der Waals surface area contributed by atoms with E-state index in [-0.39, 0.29) is 22.2 Å². The zero-order valence-electron chi connectivity index (χ0n) is 8.64. The molecular formula is C9H7N3O5. The standard InChI is InChI=1S/C9H7N3O5/c1-17-9(14)5-2-4(12(15)16)3-6-7(5)8(13)11-10-6/h2-3H,1H3,(H2,10,11,13). The number of ether oxygens (including phenoxy) is 1. The number of nitro groups is 1. The summed E-state index contributed by atoms with van der Waals surface area (Å²) in [6.45, 7) is 0. The Morgan fingerprint density at radius 1 is 1.41 bits per heavy atom. The summed E-state index contributed by atoms with van der Waals surface area (Å²) < 4.78 is 4.48. The molecule has 0 unspecified atom stereocenters. The minimum atomic E-state index is -0.802. The topological polar surface area (TPSA) is 118 Å². The lowest BCUT2D eigenvalue weighted by atomic mass is 10.1. The average Bonchev–Trinajstić information content (AvgIpc) is 2.69. The Morgan fingerprint density at radius 3 is 2.71 bits per heavy atom. The largest absolute Gasteiger partial charge is 0.465 e. The quantitative estimate of drug-likeness (QED) is 0.449. The number of carbonyl (C=O) groups excluding carboxylic acids is 1. The van der Waals surface area contributed by atoms with Crippen molar-refractivity contribution >= 4 is 22.6 Å². The van der Waals surface area contributed by atoms with Crippen LogP contribution >= 0.6 is 0 Å². The van der Waals surface area contributed by atoms with Crippen molar-refractivity contribution in [1.29, 1.82) is 0 Å². The van der Waals surface area contributed by atoms with Crippen LogP contribution in [0.15, 0.2) is 16.9 Å². The third kappa shape index (κ3) is 1.65. The molecule has 0 spiro atoms. The van der Waals surface area contributed by atoms with Crippen LogP contribution in [0.5, 0.6) is 0 Å². The lowest BCUT2D eigenvalue weighted by molar-refractivity contribution is -0.384. The molecule has 8 nitrogen and oxygen atoms in total. The molecule has 0 aliphatic rings. The van der Waals surface area contributed by atoms with Crippen LogP contribution in [0.2, 0.25) is 0 Å². The van der Waals surface area contributed by atoms with Crippen LogP contribution in [0.3, 0.4) is 0 Å². The van der Waals surface area contributed by atoms with E-state index >= 15 is 0 Å². The molecule has 0 aliphatic carbocycles. The molecule has 0 saturated carbocycles. The molecule has 0 atom stereocenters. The first-order chi connectivity index (χ1) is 8.04. The summed E-state index contributed by atoms with van der Waals surface area (Å²) in [5, 5.41) is 15.4. The van der Waals surface area contributed by atoms with Gasteiger partial charge in [-0.25, -0.2) is 4.79 Å². The number of nitrogens with zero attached hydrogens (tertiary/aromatic N) is 1. The Morgan fingerprint density at radius 2 is 2.12 bits per heavy atom. The highest BCUT2D eigenvalue weighted by atomic mass is 16.6. The molecule has 0 saturated heterocycles. The minimum Gasteiger partial charge on any atom is -0.465 e. The molecule has 0 amide bonds. The van der Waals surface area contributed by atoms with Gasteiger partial charge >= 0.3 is 5.97 Å². The van der Waals surface area contributed by atoms with Crippen LogP contribution in [0.1, 0.15) is 10.4 Å². The van der Waals surface area contributed by atoms with Gasteiger partial charge in [-0.3, -0.25) is 25.1 Å². The number of rotatable bonds is 2. The van der Waals surface area contributed by atoms with Crippen LogP contribution in [0.4, 0.5) is 5.69 Å². The second-order valence-corrected chi connectivity index (χ2v) is 3.24. The van der Waals surface area contributed by atoms with Gasteiger partial charge in [-0.1, -0.05) is 0 Å². The van der Waals surface area contributed by atoms with E-state index in [9.17, 15) is 19.7 Å². The zero-order valence-corrected chi connectivity index (χ0v) is 8.64. The predicted molar refractivity (Wildman–Crippen MR) is 56.9 cm³/mol. The number of aromatic amines is 2. The molecule has 1 heterocycles. The van der Waals surface area contributed by atoms with Gasteiger partial charge in [-0.05, 0) is 0 Å². The predicted octanol–water partition coefficient (Wildman–Crippen LogP) is 0.551. The van der Waals surface area contributed by atoms with Crippen LogP contribution in [-0.4, -0.2) is 28.2 Å². The summed E-state index contributed by atoms with van der Waals surface area (Å²) in [4.78, 5) is 32.9. The van der Waals surface area contributed by atoms with Crippen LogP contribution in [-0.2, 0) is 4.74 Å². The molecule has 88 valence electrons. The molecule has 8 heteroatoms. The van der Waals surface area contributed by atoms with Crippen LogP contribution in [0.25, 0.3) is 10.9 Å². The smallest absolute Gasteiger partial charge is 0.339 e. The lowest BCUT2D eigenvalue weighted by Crippen LogP contribution is -2.08. The number of H-pyrrole nitrogens is 2. The van der Waals surface area contributed by atoms with E-state index < -0.39 is 16.5 Å². The van der Waals surface area contributed by atoms with Crippen molar-refractivity contribution in [3.05, 3.63) is 38.2 Å². The van der Waals surface area contributed by atoms with Crippen LogP contribution < -0.4 is 5.56 Å². The van der Waals surface area contributed by atoms with Gasteiger partial charge in [0, 0.05) is 12.1 Å².